The standard InChI is InChI=1S/C28H26Cl2N4O3/c1-18-11-13-32(14-12-18)21-7-5-20(6-8-21)31-28(35)27-16-19-15-22(34(36)37)9-10-26(19)33(27)17-23-24(29)3-2-4-25(23)30/h2-10,15-16,18H,11-14,17H2,1H3,(H,31,35). The highest BCUT2D eigenvalue weighted by Gasteiger charge is 2.21. The molecule has 1 aliphatic rings. The van der Waals surface area contributed by atoms with Gasteiger partial charge in [0.1, 0.15) is 5.69 Å². The molecule has 0 aliphatic carbocycles. The Morgan fingerprint density at radius 3 is 2.35 bits per heavy atom. The number of amides is 1. The summed E-state index contributed by atoms with van der Waals surface area (Å²) in [4.78, 5) is 26.7. The van der Waals surface area contributed by atoms with Crippen molar-refractivity contribution in [3.63, 3.8) is 0 Å². The fourth-order valence-electron chi connectivity index (χ4n) is 4.79. The van der Waals surface area contributed by atoms with E-state index < -0.39 is 4.92 Å². The van der Waals surface area contributed by atoms with Crippen LogP contribution in [0.2, 0.25) is 10.0 Å². The van der Waals surface area contributed by atoms with Crippen LogP contribution in [0.25, 0.3) is 10.9 Å². The SMILES string of the molecule is CC1CCN(c2ccc(NC(=O)c3cc4cc([N+](=O)[O-])ccc4n3Cc3c(Cl)cccc3Cl)cc2)CC1. The maximum absolute atomic E-state index is 13.5. The molecule has 2 heterocycles. The summed E-state index contributed by atoms with van der Waals surface area (Å²) < 4.78 is 1.78. The molecule has 0 radical (unpaired) electrons. The molecule has 0 saturated carbocycles. The number of rotatable bonds is 6. The third-order valence-electron chi connectivity index (χ3n) is 6.98. The Kier molecular flexibility index (Phi) is 7.09. The number of nitro groups is 1. The lowest BCUT2D eigenvalue weighted by Crippen LogP contribution is -2.32. The van der Waals surface area contributed by atoms with E-state index >= 15 is 0 Å². The number of benzene rings is 3. The maximum atomic E-state index is 13.5. The van der Waals surface area contributed by atoms with Crippen molar-refractivity contribution in [2.45, 2.75) is 26.3 Å². The Morgan fingerprint density at radius 2 is 1.70 bits per heavy atom. The van der Waals surface area contributed by atoms with E-state index in [2.05, 4.69) is 17.1 Å². The number of halogens is 2. The second-order valence-electron chi connectivity index (χ2n) is 9.49. The molecule has 3 aromatic carbocycles. The fourth-order valence-corrected chi connectivity index (χ4v) is 5.31. The number of nitrogens with one attached hydrogen (secondary N) is 1. The molecule has 5 rings (SSSR count). The van der Waals surface area contributed by atoms with Crippen LogP contribution in [0, 0.1) is 16.0 Å². The molecule has 0 atom stereocenters. The van der Waals surface area contributed by atoms with E-state index in [9.17, 15) is 14.9 Å². The lowest BCUT2D eigenvalue weighted by atomic mass is 9.99. The molecule has 0 unspecified atom stereocenters. The van der Waals surface area contributed by atoms with Gasteiger partial charge in [0.15, 0.2) is 0 Å². The molecule has 1 aromatic heterocycles. The van der Waals surface area contributed by atoms with Crippen molar-refractivity contribution in [3.8, 4) is 0 Å². The predicted octanol–water partition coefficient (Wildman–Crippen LogP) is 7.39. The quantitative estimate of drug-likeness (QED) is 0.205. The van der Waals surface area contributed by atoms with Crippen molar-refractivity contribution in [2.24, 2.45) is 5.92 Å². The minimum Gasteiger partial charge on any atom is -0.372 e. The van der Waals surface area contributed by atoms with E-state index in [4.69, 9.17) is 23.2 Å². The number of piperidine rings is 1. The first kappa shape index (κ1) is 25.1. The predicted molar refractivity (Wildman–Crippen MR) is 149 cm³/mol. The first-order chi connectivity index (χ1) is 17.8. The van der Waals surface area contributed by atoms with Gasteiger partial charge >= 0.3 is 0 Å². The van der Waals surface area contributed by atoms with Crippen molar-refractivity contribution >= 4 is 57.1 Å². The van der Waals surface area contributed by atoms with Gasteiger partial charge in [-0.3, -0.25) is 14.9 Å². The van der Waals surface area contributed by atoms with Gasteiger partial charge in [0.25, 0.3) is 11.6 Å². The molecule has 1 aliphatic heterocycles. The van der Waals surface area contributed by atoms with E-state index in [-0.39, 0.29) is 18.1 Å². The molecule has 1 saturated heterocycles. The normalized spacial score (nSPS) is 14.2. The van der Waals surface area contributed by atoms with Gasteiger partial charge in [0.05, 0.1) is 11.5 Å². The molecular weight excluding hydrogens is 511 g/mol. The molecule has 1 N–H and O–H groups in total. The van der Waals surface area contributed by atoms with Crippen LogP contribution in [0.15, 0.2) is 66.7 Å². The van der Waals surface area contributed by atoms with Gasteiger partial charge in [-0.15, -0.1) is 0 Å². The van der Waals surface area contributed by atoms with Crippen LogP contribution in [0.5, 0.6) is 0 Å². The molecule has 1 amide bonds. The zero-order chi connectivity index (χ0) is 26.1. The number of carbonyl (C=O) groups excluding carboxylic acids is 1. The van der Waals surface area contributed by atoms with Gasteiger partial charge in [-0.25, -0.2) is 0 Å². The van der Waals surface area contributed by atoms with Crippen LogP contribution in [0.4, 0.5) is 17.1 Å². The molecule has 7 nitrogen and oxygen atoms in total. The summed E-state index contributed by atoms with van der Waals surface area (Å²) in [5.41, 5.74) is 3.44. The van der Waals surface area contributed by atoms with Gasteiger partial charge in [-0.05, 0) is 67.3 Å². The minimum atomic E-state index is -0.452. The molecule has 0 spiro atoms. The second kappa shape index (κ2) is 10.4. The lowest BCUT2D eigenvalue weighted by molar-refractivity contribution is -0.384. The summed E-state index contributed by atoms with van der Waals surface area (Å²) >= 11 is 12.8. The van der Waals surface area contributed by atoms with E-state index in [0.29, 0.717) is 37.9 Å². The highest BCUT2D eigenvalue weighted by atomic mass is 35.5. The van der Waals surface area contributed by atoms with Crippen molar-refractivity contribution < 1.29 is 9.72 Å². The summed E-state index contributed by atoms with van der Waals surface area (Å²) in [5.74, 6) is 0.422. The average molecular weight is 537 g/mol. The van der Waals surface area contributed by atoms with Crippen LogP contribution in [-0.2, 0) is 6.54 Å². The molecule has 4 aromatic rings. The minimum absolute atomic E-state index is 0.0462. The summed E-state index contributed by atoms with van der Waals surface area (Å²) in [6.45, 7) is 4.58. The number of carbonyl (C=O) groups is 1. The average Bonchev–Trinajstić information content (AvgIpc) is 3.25. The Balaban J connectivity index is 1.46. The van der Waals surface area contributed by atoms with Gasteiger partial charge in [-0.2, -0.15) is 0 Å². The molecule has 190 valence electrons. The zero-order valence-electron chi connectivity index (χ0n) is 20.3. The van der Waals surface area contributed by atoms with E-state index in [1.807, 2.05) is 24.3 Å². The Bertz CT molecular complexity index is 1450. The number of nitrogens with zero attached hydrogens (tertiary/aromatic N) is 3. The summed E-state index contributed by atoms with van der Waals surface area (Å²) in [5, 5.41) is 15.8. The van der Waals surface area contributed by atoms with E-state index in [1.54, 1.807) is 34.9 Å². The lowest BCUT2D eigenvalue weighted by Gasteiger charge is -2.32. The molecule has 37 heavy (non-hydrogen) atoms. The molecular formula is C28H26Cl2N4O3. The summed E-state index contributed by atoms with van der Waals surface area (Å²) in [6, 6.07) is 19.3. The smallest absolute Gasteiger partial charge is 0.272 e. The van der Waals surface area contributed by atoms with Crippen molar-refractivity contribution in [2.75, 3.05) is 23.3 Å². The fraction of sp³-hybridized carbons (Fsp3) is 0.250. The molecule has 0 bridgehead atoms. The second-order valence-corrected chi connectivity index (χ2v) is 10.3. The van der Waals surface area contributed by atoms with Crippen LogP contribution in [-0.4, -0.2) is 28.5 Å². The van der Waals surface area contributed by atoms with E-state index in [0.717, 1.165) is 24.7 Å². The van der Waals surface area contributed by atoms with Crippen LogP contribution >= 0.6 is 23.2 Å². The third-order valence-corrected chi connectivity index (χ3v) is 7.69. The number of fused-ring (bicyclic) bond motifs is 1. The number of anilines is 2. The first-order valence-corrected chi connectivity index (χ1v) is 12.9. The van der Waals surface area contributed by atoms with Gasteiger partial charge < -0.3 is 14.8 Å². The monoisotopic (exact) mass is 536 g/mol. The van der Waals surface area contributed by atoms with Crippen molar-refractivity contribution in [1.29, 1.82) is 0 Å². The Hall–Kier alpha value is -3.55. The van der Waals surface area contributed by atoms with Gasteiger partial charge in [-0.1, -0.05) is 36.2 Å². The van der Waals surface area contributed by atoms with Crippen molar-refractivity contribution in [1.82, 2.24) is 4.57 Å². The van der Waals surface area contributed by atoms with Crippen LogP contribution in [0.3, 0.4) is 0 Å². The number of nitro benzene ring substituents is 1. The number of hydrogen-bond acceptors (Lipinski definition) is 4. The number of hydrogen-bond donors (Lipinski definition) is 1. The highest BCUT2D eigenvalue weighted by molar-refractivity contribution is 6.36. The van der Waals surface area contributed by atoms with Crippen LogP contribution in [0.1, 0.15) is 35.8 Å². The Labute approximate surface area is 224 Å². The van der Waals surface area contributed by atoms with Gasteiger partial charge in [0, 0.05) is 63.1 Å². The number of non-ortho nitro benzene ring substituents is 1. The topological polar surface area (TPSA) is 80.4 Å². The third kappa shape index (κ3) is 5.29. The maximum Gasteiger partial charge on any atom is 0.272 e. The van der Waals surface area contributed by atoms with Crippen molar-refractivity contribution in [3.05, 3.63) is 98.1 Å². The molecule has 9 heteroatoms. The largest absolute Gasteiger partial charge is 0.372 e. The van der Waals surface area contributed by atoms with E-state index in [1.165, 1.54) is 25.0 Å². The summed E-state index contributed by atoms with van der Waals surface area (Å²) in [6.07, 6.45) is 2.35. The zero-order valence-corrected chi connectivity index (χ0v) is 21.8. The highest BCUT2D eigenvalue weighted by Crippen LogP contribution is 2.31. The Morgan fingerprint density at radius 1 is 1.03 bits per heavy atom. The van der Waals surface area contributed by atoms with Gasteiger partial charge in [0.2, 0.25) is 0 Å². The number of aromatic nitrogens is 1. The summed E-state index contributed by atoms with van der Waals surface area (Å²) in [7, 11) is 0. The van der Waals surface area contributed by atoms with Crippen LogP contribution < -0.4 is 10.2 Å². The molecule has 1 fully saturated rings. The first-order valence-electron chi connectivity index (χ1n) is 12.2.